The molecule has 4 rings (SSSR count). The van der Waals surface area contributed by atoms with E-state index in [-0.39, 0.29) is 0 Å². The number of rotatable bonds is 2. The highest BCUT2D eigenvalue weighted by atomic mass is 15.2. The van der Waals surface area contributed by atoms with Crippen molar-refractivity contribution >= 4 is 10.8 Å². The van der Waals surface area contributed by atoms with Crippen LogP contribution in [0, 0.1) is 0 Å². The van der Waals surface area contributed by atoms with Crippen molar-refractivity contribution in [2.75, 3.05) is 20.3 Å². The molecule has 23 heavy (non-hydrogen) atoms. The fourth-order valence-corrected chi connectivity index (χ4v) is 3.65. The first-order valence-corrected chi connectivity index (χ1v) is 8.27. The predicted molar refractivity (Wildman–Crippen MR) is 96.5 cm³/mol. The van der Waals surface area contributed by atoms with E-state index < -0.39 is 0 Å². The highest BCUT2D eigenvalue weighted by molar-refractivity contribution is 5.83. The molecule has 0 bridgehead atoms. The first kappa shape index (κ1) is 14.4. The molecule has 116 valence electrons. The van der Waals surface area contributed by atoms with Crippen LogP contribution < -0.4 is 5.32 Å². The molecule has 1 N–H and O–H groups in total. The largest absolute Gasteiger partial charge is 0.297 e. The van der Waals surface area contributed by atoms with Crippen molar-refractivity contribution in [1.29, 1.82) is 0 Å². The van der Waals surface area contributed by atoms with E-state index in [1.54, 1.807) is 0 Å². The van der Waals surface area contributed by atoms with Gasteiger partial charge in [-0.1, -0.05) is 72.8 Å². The van der Waals surface area contributed by atoms with E-state index in [1.807, 2.05) is 0 Å². The third kappa shape index (κ3) is 2.88. The molecule has 0 radical (unpaired) electrons. The first-order chi connectivity index (χ1) is 11.3. The van der Waals surface area contributed by atoms with E-state index in [9.17, 15) is 0 Å². The molecule has 3 aromatic rings. The molecule has 3 aromatic carbocycles. The highest BCUT2D eigenvalue weighted by Gasteiger charge is 2.29. The molecule has 0 aromatic heterocycles. The fourth-order valence-electron chi connectivity index (χ4n) is 3.65. The van der Waals surface area contributed by atoms with Gasteiger partial charge in [0.05, 0.1) is 0 Å². The lowest BCUT2D eigenvalue weighted by Crippen LogP contribution is -2.46. The van der Waals surface area contributed by atoms with E-state index in [4.69, 9.17) is 0 Å². The smallest absolute Gasteiger partial charge is 0.0482 e. The minimum Gasteiger partial charge on any atom is -0.297 e. The average molecular weight is 302 g/mol. The zero-order chi connectivity index (χ0) is 15.6. The molecule has 1 saturated heterocycles. The molecule has 0 unspecified atom stereocenters. The van der Waals surface area contributed by atoms with E-state index in [1.165, 1.54) is 21.9 Å². The molecule has 1 aliphatic rings. The summed E-state index contributed by atoms with van der Waals surface area (Å²) in [5.41, 5.74) is 2.79. The molecule has 1 aliphatic heterocycles. The van der Waals surface area contributed by atoms with Crippen molar-refractivity contribution < 1.29 is 0 Å². The van der Waals surface area contributed by atoms with Gasteiger partial charge >= 0.3 is 0 Å². The van der Waals surface area contributed by atoms with Gasteiger partial charge in [0.1, 0.15) is 0 Å². The van der Waals surface area contributed by atoms with Gasteiger partial charge in [0.25, 0.3) is 0 Å². The summed E-state index contributed by atoms with van der Waals surface area (Å²) >= 11 is 0. The number of likely N-dealkylation sites (N-methyl/N-ethyl adjacent to an activating group) is 1. The quantitative estimate of drug-likeness (QED) is 0.765. The third-order valence-corrected chi connectivity index (χ3v) is 4.85. The molecule has 2 heteroatoms. The topological polar surface area (TPSA) is 15.3 Å². The Kier molecular flexibility index (Phi) is 3.86. The summed E-state index contributed by atoms with van der Waals surface area (Å²) in [7, 11) is 2.18. The lowest BCUT2D eigenvalue weighted by atomic mass is 9.84. The van der Waals surface area contributed by atoms with Crippen LogP contribution in [0.5, 0.6) is 0 Å². The van der Waals surface area contributed by atoms with Crippen LogP contribution in [0.1, 0.15) is 23.1 Å². The summed E-state index contributed by atoms with van der Waals surface area (Å²) in [6.07, 6.45) is 0. The molecule has 2 atom stereocenters. The van der Waals surface area contributed by atoms with Crippen LogP contribution in [0.2, 0.25) is 0 Å². The minimum absolute atomic E-state index is 0.369. The number of nitrogens with zero attached hydrogens (tertiary/aromatic N) is 1. The van der Waals surface area contributed by atoms with Crippen molar-refractivity contribution in [1.82, 2.24) is 10.2 Å². The number of fused-ring (bicyclic) bond motifs is 1. The van der Waals surface area contributed by atoms with Crippen molar-refractivity contribution in [2.45, 2.75) is 12.0 Å². The second-order valence-electron chi connectivity index (χ2n) is 6.50. The number of nitrogens with one attached hydrogen (secondary N) is 1. The Morgan fingerprint density at radius 2 is 1.57 bits per heavy atom. The van der Waals surface area contributed by atoms with Crippen molar-refractivity contribution in [3.8, 4) is 0 Å². The molecule has 0 saturated carbocycles. The maximum Gasteiger partial charge on any atom is 0.0482 e. The van der Waals surface area contributed by atoms with Gasteiger partial charge in [-0.15, -0.1) is 0 Å². The van der Waals surface area contributed by atoms with E-state index in [2.05, 4.69) is 90.1 Å². The normalized spacial score (nSPS) is 22.3. The van der Waals surface area contributed by atoms with Gasteiger partial charge in [0.2, 0.25) is 0 Å². The standard InChI is InChI=1S/C21H22N2/c1-23-14-20(21(22-15-23)17-8-3-2-4-9-17)19-12-11-16-7-5-6-10-18(16)13-19/h2-13,20-22H,14-15H2,1H3/t20-,21-/m1/s1. The Labute approximate surface area is 137 Å². The van der Waals surface area contributed by atoms with Crippen LogP contribution in [-0.2, 0) is 0 Å². The van der Waals surface area contributed by atoms with Crippen LogP contribution in [0.3, 0.4) is 0 Å². The fraction of sp³-hybridized carbons (Fsp3) is 0.238. The summed E-state index contributed by atoms with van der Waals surface area (Å²) in [5.74, 6) is 0.459. The van der Waals surface area contributed by atoms with Gasteiger partial charge < -0.3 is 0 Å². The predicted octanol–water partition coefficient (Wildman–Crippen LogP) is 4.16. The molecule has 2 nitrogen and oxygen atoms in total. The molecule has 1 fully saturated rings. The van der Waals surface area contributed by atoms with Crippen LogP contribution in [-0.4, -0.2) is 25.2 Å². The average Bonchev–Trinajstić information content (AvgIpc) is 2.62. The third-order valence-electron chi connectivity index (χ3n) is 4.85. The lowest BCUT2D eigenvalue weighted by Gasteiger charge is -2.38. The highest BCUT2D eigenvalue weighted by Crippen LogP contribution is 2.35. The second-order valence-corrected chi connectivity index (χ2v) is 6.50. The number of hydrogen-bond acceptors (Lipinski definition) is 2. The Hall–Kier alpha value is -2.16. The molecule has 0 amide bonds. The van der Waals surface area contributed by atoms with Gasteiger partial charge in [0.15, 0.2) is 0 Å². The molecule has 0 aliphatic carbocycles. The maximum absolute atomic E-state index is 3.71. The van der Waals surface area contributed by atoms with Crippen molar-refractivity contribution in [3.05, 3.63) is 83.9 Å². The molecule has 0 spiro atoms. The molecule has 1 heterocycles. The number of benzene rings is 3. The first-order valence-electron chi connectivity index (χ1n) is 8.27. The zero-order valence-electron chi connectivity index (χ0n) is 13.4. The van der Waals surface area contributed by atoms with Gasteiger partial charge in [-0.25, -0.2) is 0 Å². The summed E-state index contributed by atoms with van der Waals surface area (Å²) in [6.45, 7) is 2.01. The van der Waals surface area contributed by atoms with Gasteiger partial charge in [-0.2, -0.15) is 0 Å². The second kappa shape index (κ2) is 6.15. The van der Waals surface area contributed by atoms with Crippen LogP contribution in [0.15, 0.2) is 72.8 Å². The van der Waals surface area contributed by atoms with E-state index >= 15 is 0 Å². The van der Waals surface area contributed by atoms with Crippen LogP contribution in [0.25, 0.3) is 10.8 Å². The summed E-state index contributed by atoms with van der Waals surface area (Å²) in [4.78, 5) is 2.36. The monoisotopic (exact) mass is 302 g/mol. The molecular formula is C21H22N2. The van der Waals surface area contributed by atoms with Crippen LogP contribution in [0.4, 0.5) is 0 Å². The SMILES string of the molecule is CN1CN[C@H](c2ccccc2)[C@@H](c2ccc3ccccc3c2)C1. The van der Waals surface area contributed by atoms with Gasteiger partial charge in [-0.3, -0.25) is 10.2 Å². The van der Waals surface area contributed by atoms with E-state index in [0.29, 0.717) is 12.0 Å². The zero-order valence-corrected chi connectivity index (χ0v) is 13.4. The summed E-state index contributed by atoms with van der Waals surface area (Å²) < 4.78 is 0. The maximum atomic E-state index is 3.71. The Morgan fingerprint density at radius 1 is 0.826 bits per heavy atom. The van der Waals surface area contributed by atoms with Gasteiger partial charge in [0, 0.05) is 25.2 Å². The summed E-state index contributed by atoms with van der Waals surface area (Å²) in [5, 5.41) is 6.34. The Bertz CT molecular complexity index is 797. The number of hydrogen-bond donors (Lipinski definition) is 1. The minimum atomic E-state index is 0.369. The Balaban J connectivity index is 1.75. The van der Waals surface area contributed by atoms with Crippen molar-refractivity contribution in [3.63, 3.8) is 0 Å². The van der Waals surface area contributed by atoms with Crippen LogP contribution >= 0.6 is 0 Å². The Morgan fingerprint density at radius 3 is 2.39 bits per heavy atom. The van der Waals surface area contributed by atoms with E-state index in [0.717, 1.165) is 13.2 Å². The van der Waals surface area contributed by atoms with Gasteiger partial charge in [-0.05, 0) is 28.9 Å². The van der Waals surface area contributed by atoms with Crippen molar-refractivity contribution in [2.24, 2.45) is 0 Å². The summed E-state index contributed by atoms with van der Waals surface area (Å²) in [6, 6.07) is 26.7. The lowest BCUT2D eigenvalue weighted by molar-refractivity contribution is 0.193. The molecular weight excluding hydrogens is 280 g/mol.